The Balaban J connectivity index is 2.17. The molecule has 1 aliphatic heterocycles. The number of aromatic amines is 2. The average molecular weight is 225 g/mol. The van der Waals surface area contributed by atoms with Crippen LogP contribution < -0.4 is 21.9 Å². The summed E-state index contributed by atoms with van der Waals surface area (Å²) in [5.74, 6) is -0.222. The fourth-order valence-corrected chi connectivity index (χ4v) is 1.52. The first-order valence-corrected chi connectivity index (χ1v) is 4.90. The fourth-order valence-electron chi connectivity index (χ4n) is 1.52. The second kappa shape index (κ2) is 4.17. The number of nitrogens with zero attached hydrogens (tertiary/aromatic N) is 1. The number of carbonyl (C=O) groups is 1. The van der Waals surface area contributed by atoms with Gasteiger partial charge in [0.25, 0.3) is 5.56 Å². The molecular weight excluding hydrogens is 214 g/mol. The molecule has 8 nitrogen and oxygen atoms in total. The summed E-state index contributed by atoms with van der Waals surface area (Å²) in [7, 11) is 0. The molecule has 4 N–H and O–H groups in total. The monoisotopic (exact) mass is 225 g/mol. The number of carbonyl (C=O) groups excluding carboxylic acids is 1. The molecule has 0 bridgehead atoms. The summed E-state index contributed by atoms with van der Waals surface area (Å²) in [5, 5.41) is 11.0. The van der Waals surface area contributed by atoms with E-state index in [1.807, 2.05) is 4.98 Å². The Morgan fingerprint density at radius 3 is 2.81 bits per heavy atom. The third-order valence-electron chi connectivity index (χ3n) is 2.31. The molecule has 0 aliphatic carbocycles. The lowest BCUT2D eigenvalue weighted by Crippen LogP contribution is -2.45. The van der Waals surface area contributed by atoms with E-state index in [1.165, 1.54) is 0 Å². The summed E-state index contributed by atoms with van der Waals surface area (Å²) in [6, 6.07) is -0.478. The van der Waals surface area contributed by atoms with Crippen LogP contribution in [0.25, 0.3) is 0 Å². The number of hydrogen-bond acceptors (Lipinski definition) is 5. The van der Waals surface area contributed by atoms with Gasteiger partial charge in [0, 0.05) is 6.54 Å². The summed E-state index contributed by atoms with van der Waals surface area (Å²) < 4.78 is 0. The van der Waals surface area contributed by atoms with Crippen LogP contribution in [0, 0.1) is 0 Å². The van der Waals surface area contributed by atoms with Crippen LogP contribution in [0.1, 0.15) is 12.8 Å². The Kier molecular flexibility index (Phi) is 2.71. The van der Waals surface area contributed by atoms with Crippen molar-refractivity contribution in [3.05, 3.63) is 20.8 Å². The van der Waals surface area contributed by atoms with Gasteiger partial charge in [-0.15, -0.1) is 5.10 Å². The van der Waals surface area contributed by atoms with Gasteiger partial charge in [-0.2, -0.15) is 0 Å². The molecule has 16 heavy (non-hydrogen) atoms. The number of anilines is 1. The van der Waals surface area contributed by atoms with Crippen LogP contribution in [0.15, 0.2) is 9.59 Å². The normalized spacial score (nSPS) is 20.2. The zero-order valence-electron chi connectivity index (χ0n) is 8.37. The van der Waals surface area contributed by atoms with Crippen molar-refractivity contribution in [2.45, 2.75) is 18.9 Å². The minimum Gasteiger partial charge on any atom is -0.354 e. The molecule has 1 aromatic rings. The van der Waals surface area contributed by atoms with E-state index in [0.29, 0.717) is 13.0 Å². The Labute approximate surface area is 89.5 Å². The SMILES string of the molecule is O=C1NCCCC1Nc1n[nH]c(=O)[nH]c1=O. The highest BCUT2D eigenvalue weighted by molar-refractivity contribution is 5.84. The maximum absolute atomic E-state index is 11.4. The first-order valence-electron chi connectivity index (χ1n) is 4.90. The van der Waals surface area contributed by atoms with Gasteiger partial charge in [0.1, 0.15) is 6.04 Å². The van der Waals surface area contributed by atoms with E-state index in [-0.39, 0.29) is 11.7 Å². The van der Waals surface area contributed by atoms with Gasteiger partial charge < -0.3 is 10.6 Å². The van der Waals surface area contributed by atoms with E-state index in [2.05, 4.69) is 20.8 Å². The highest BCUT2D eigenvalue weighted by atomic mass is 16.2. The van der Waals surface area contributed by atoms with Crippen molar-refractivity contribution in [2.75, 3.05) is 11.9 Å². The lowest BCUT2D eigenvalue weighted by Gasteiger charge is -2.22. The molecular formula is C8H11N5O3. The van der Waals surface area contributed by atoms with Crippen LogP contribution in [-0.4, -0.2) is 33.7 Å². The number of nitrogens with one attached hydrogen (secondary N) is 4. The Hall–Kier alpha value is -2.12. The van der Waals surface area contributed by atoms with Crippen LogP contribution in [0.5, 0.6) is 0 Å². The highest BCUT2D eigenvalue weighted by Gasteiger charge is 2.22. The maximum atomic E-state index is 11.4. The van der Waals surface area contributed by atoms with Crippen LogP contribution in [0.2, 0.25) is 0 Å². The lowest BCUT2D eigenvalue weighted by molar-refractivity contribution is -0.123. The average Bonchev–Trinajstić information content (AvgIpc) is 2.25. The molecule has 1 saturated heterocycles. The van der Waals surface area contributed by atoms with Crippen molar-refractivity contribution in [1.29, 1.82) is 0 Å². The quantitative estimate of drug-likeness (QED) is 0.471. The van der Waals surface area contributed by atoms with Crippen LogP contribution >= 0.6 is 0 Å². The highest BCUT2D eigenvalue weighted by Crippen LogP contribution is 2.06. The molecule has 0 aromatic carbocycles. The maximum Gasteiger partial charge on any atom is 0.342 e. The number of aromatic nitrogens is 3. The van der Waals surface area contributed by atoms with Gasteiger partial charge in [-0.25, -0.2) is 9.89 Å². The minimum absolute atomic E-state index is 0.0540. The Bertz CT molecular complexity index is 505. The molecule has 2 rings (SSSR count). The molecule has 1 atom stereocenters. The van der Waals surface area contributed by atoms with Crippen molar-refractivity contribution >= 4 is 11.7 Å². The number of piperidine rings is 1. The molecule has 86 valence electrons. The van der Waals surface area contributed by atoms with Gasteiger partial charge in [-0.3, -0.25) is 14.6 Å². The van der Waals surface area contributed by atoms with Crippen LogP contribution in [0.4, 0.5) is 5.82 Å². The molecule has 1 fully saturated rings. The minimum atomic E-state index is -0.677. The van der Waals surface area contributed by atoms with Gasteiger partial charge in [-0.05, 0) is 12.8 Å². The molecule has 1 aromatic heterocycles. The summed E-state index contributed by atoms with van der Waals surface area (Å²) in [4.78, 5) is 35.4. The molecule has 0 radical (unpaired) electrons. The zero-order chi connectivity index (χ0) is 11.5. The Morgan fingerprint density at radius 1 is 1.31 bits per heavy atom. The van der Waals surface area contributed by atoms with Gasteiger partial charge >= 0.3 is 5.69 Å². The first-order chi connectivity index (χ1) is 7.66. The summed E-state index contributed by atoms with van der Waals surface area (Å²) in [6.07, 6.45) is 1.47. The number of amides is 1. The third-order valence-corrected chi connectivity index (χ3v) is 2.31. The summed E-state index contributed by atoms with van der Waals surface area (Å²) >= 11 is 0. The van der Waals surface area contributed by atoms with E-state index in [4.69, 9.17) is 0 Å². The first kappa shape index (κ1) is 10.4. The smallest absolute Gasteiger partial charge is 0.342 e. The predicted octanol–water partition coefficient (Wildman–Crippen LogP) is -1.85. The molecule has 0 saturated carbocycles. The molecule has 1 aliphatic rings. The van der Waals surface area contributed by atoms with Crippen molar-refractivity contribution in [3.63, 3.8) is 0 Å². The van der Waals surface area contributed by atoms with Crippen molar-refractivity contribution in [3.8, 4) is 0 Å². The second-order valence-electron chi connectivity index (χ2n) is 3.49. The van der Waals surface area contributed by atoms with Gasteiger partial charge in [0.2, 0.25) is 11.7 Å². The molecule has 1 unspecified atom stereocenters. The summed E-state index contributed by atoms with van der Waals surface area (Å²) in [6.45, 7) is 0.645. The van der Waals surface area contributed by atoms with Crippen molar-refractivity contribution in [1.82, 2.24) is 20.5 Å². The second-order valence-corrected chi connectivity index (χ2v) is 3.49. The number of rotatable bonds is 2. The van der Waals surface area contributed by atoms with E-state index < -0.39 is 17.3 Å². The molecule has 2 heterocycles. The zero-order valence-corrected chi connectivity index (χ0v) is 8.37. The van der Waals surface area contributed by atoms with E-state index in [0.717, 1.165) is 6.42 Å². The van der Waals surface area contributed by atoms with E-state index in [9.17, 15) is 14.4 Å². The van der Waals surface area contributed by atoms with Crippen LogP contribution in [-0.2, 0) is 4.79 Å². The molecule has 0 spiro atoms. The summed E-state index contributed by atoms with van der Waals surface area (Å²) in [5.41, 5.74) is -1.31. The van der Waals surface area contributed by atoms with E-state index >= 15 is 0 Å². The number of hydrogen-bond donors (Lipinski definition) is 4. The van der Waals surface area contributed by atoms with Gasteiger partial charge in [0.05, 0.1) is 0 Å². The number of H-pyrrole nitrogens is 2. The van der Waals surface area contributed by atoms with Gasteiger partial charge in [0.15, 0.2) is 0 Å². The van der Waals surface area contributed by atoms with E-state index in [1.54, 1.807) is 0 Å². The fraction of sp³-hybridized carbons (Fsp3) is 0.500. The largest absolute Gasteiger partial charge is 0.354 e. The third kappa shape index (κ3) is 2.10. The van der Waals surface area contributed by atoms with Crippen molar-refractivity contribution < 1.29 is 4.79 Å². The molecule has 8 heteroatoms. The Morgan fingerprint density at radius 2 is 2.12 bits per heavy atom. The molecule has 1 amide bonds. The van der Waals surface area contributed by atoms with Crippen LogP contribution in [0.3, 0.4) is 0 Å². The standard InChI is InChI=1S/C8H11N5O3/c14-6-4(2-1-3-9-6)10-5-7(15)11-8(16)13-12-5/h4H,1-3H2,(H,9,14)(H,10,12)(H2,11,13,15,16). The topological polar surface area (TPSA) is 120 Å². The predicted molar refractivity (Wildman–Crippen MR) is 55.1 cm³/mol. The van der Waals surface area contributed by atoms with Gasteiger partial charge in [-0.1, -0.05) is 0 Å². The van der Waals surface area contributed by atoms with Crippen molar-refractivity contribution in [2.24, 2.45) is 0 Å². The lowest BCUT2D eigenvalue weighted by atomic mass is 10.1.